The largest absolute Gasteiger partial charge is 0.481 e. The van der Waals surface area contributed by atoms with Crippen molar-refractivity contribution in [3.05, 3.63) is 164 Å². The van der Waals surface area contributed by atoms with Gasteiger partial charge in [-0.2, -0.15) is 0 Å². The first-order chi connectivity index (χ1) is 40.1. The maximum atomic E-state index is 13.0. The van der Waals surface area contributed by atoms with Crippen LogP contribution < -0.4 is 16.4 Å². The Balaban J connectivity index is 0.000000194. The molecule has 0 unspecified atom stereocenters. The van der Waals surface area contributed by atoms with Gasteiger partial charge in [-0.3, -0.25) is 19.2 Å². The van der Waals surface area contributed by atoms with Crippen molar-refractivity contribution in [1.29, 1.82) is 0 Å². The van der Waals surface area contributed by atoms with E-state index in [1.807, 2.05) is 123 Å². The van der Waals surface area contributed by atoms with Crippen molar-refractivity contribution in [2.45, 2.75) is 93.9 Å². The molecule has 0 radical (unpaired) electrons. The van der Waals surface area contributed by atoms with E-state index in [1.54, 1.807) is 22.7 Å². The number of thiazole rings is 2. The number of carboxylic acids is 1. The number of carbonyl (C=O) groups is 4. The summed E-state index contributed by atoms with van der Waals surface area (Å²) in [6, 6.07) is 32.1. The van der Waals surface area contributed by atoms with Crippen LogP contribution in [0.2, 0.25) is 0 Å². The molecule has 0 aliphatic carbocycles. The van der Waals surface area contributed by atoms with Gasteiger partial charge in [-0.1, -0.05) is 100 Å². The van der Waals surface area contributed by atoms with Gasteiger partial charge in [0.2, 0.25) is 0 Å². The number of nitrogens with two attached hydrogens (primary N) is 1. The van der Waals surface area contributed by atoms with Crippen molar-refractivity contribution in [2.75, 3.05) is 56.4 Å². The summed E-state index contributed by atoms with van der Waals surface area (Å²) in [7, 11) is 0. The molecule has 0 saturated carbocycles. The Hall–Kier alpha value is -7.86. The lowest BCUT2D eigenvalue weighted by Crippen LogP contribution is -2.28. The minimum atomic E-state index is -0.825. The number of carboxylic acid groups (broad SMARTS) is 1. The highest BCUT2D eigenvalue weighted by Gasteiger charge is 2.28. The molecule has 2 amide bonds. The molecule has 7 N–H and O–H groups in total. The number of aliphatic carboxylic acids is 1. The normalized spacial score (nSPS) is 13.4. The third-order valence-electron chi connectivity index (χ3n) is 15.5. The number of nitrogens with one attached hydrogen (secondary N) is 4. The van der Waals surface area contributed by atoms with E-state index in [-0.39, 0.29) is 18.2 Å². The number of carbonyl (C=O) groups excluding carboxylic acids is 3. The first-order valence-corrected chi connectivity index (χ1v) is 30.5. The third-order valence-corrected chi connectivity index (χ3v) is 17.3. The van der Waals surface area contributed by atoms with Crippen LogP contribution in [-0.4, -0.2) is 104 Å². The van der Waals surface area contributed by atoms with Crippen LogP contribution in [-0.2, 0) is 32.0 Å². The maximum absolute atomic E-state index is 13.0. The number of amides is 2. The monoisotopic (exact) mass is 1150 g/mol. The number of ketones is 1. The molecule has 0 atom stereocenters. The SMILES string of the molecule is CCN(CC)CCCC(=O)CCc1c(C)[nH]c(/C=C2\C(=O)Nc3ccc(-c4csc(-c5ccccc5)n4)cc32)c1C.CCN(CC)CCN.Cc1[nH]c(/C=C2\C(=O)Nc3ccc(-c4csc(-c5ccccc5)n4)cc32)c(C)c1CCC(=O)O. The maximum Gasteiger partial charge on any atom is 0.303 e. The summed E-state index contributed by atoms with van der Waals surface area (Å²) >= 11 is 3.21. The Bertz CT molecular complexity index is 3620. The second-order valence-electron chi connectivity index (χ2n) is 20.8. The number of hydrogen-bond donors (Lipinski definition) is 6. The predicted octanol–water partition coefficient (Wildman–Crippen LogP) is 13.8. The number of Topliss-reactive ketones (excluding diaryl/α,β-unsaturated/α-hetero) is 1. The molecule has 0 fully saturated rings. The molecule has 0 bridgehead atoms. The average Bonchev–Trinajstić information content (AvgIpc) is 4.25. The number of nitrogens with zero attached hydrogens (tertiary/aromatic N) is 4. The molecule has 16 heteroatoms. The van der Waals surface area contributed by atoms with Gasteiger partial charge >= 0.3 is 5.97 Å². The fraction of sp³-hybridized carbons (Fsp3) is 0.313. The number of aryl methyl sites for hydroxylation is 2. The standard InChI is InChI=1S/C34H38N4O2S.C27H23N3O3S.C6H16N2/c1-5-38(6-2)18-10-13-26(39)15-16-27-22(3)31(35-23(27)4)20-29-28-19-25(14-17-30(28)36-33(29)40)32-21-41-34(37-32)24-11-8-7-9-12-24;1-15-19(9-11-25(31)32)16(2)28-23(15)13-21-20-12-18(8-10-22(20)29-26(21)33)24-14-34-27(30-24)17-6-4-3-5-7-17;1-3-8(4-2)6-5-7/h7-9,11-12,14,17,19-21,35H,5-6,10,13,15-16,18H2,1-4H3,(H,36,40);3-8,10,12-14,28H,9,11H2,1-2H3,(H,29,33)(H,31,32);3-7H2,1-2H3/b29-20-;21-13-;. The summed E-state index contributed by atoms with van der Waals surface area (Å²) in [5.41, 5.74) is 23.6. The van der Waals surface area contributed by atoms with Crippen LogP contribution in [0.3, 0.4) is 0 Å². The Labute approximate surface area is 496 Å². The van der Waals surface area contributed by atoms with E-state index in [4.69, 9.17) is 20.8 Å². The zero-order valence-electron chi connectivity index (χ0n) is 49.0. The minimum Gasteiger partial charge on any atom is -0.481 e. The highest BCUT2D eigenvalue weighted by Crippen LogP contribution is 2.40. The van der Waals surface area contributed by atoms with E-state index in [0.717, 1.165) is 163 Å². The summed E-state index contributed by atoms with van der Waals surface area (Å²) in [5, 5.41) is 21.0. The predicted molar refractivity (Wildman–Crippen MR) is 343 cm³/mol. The fourth-order valence-corrected chi connectivity index (χ4v) is 12.2. The second-order valence-corrected chi connectivity index (χ2v) is 22.5. The number of benzene rings is 4. The average molecular weight is 1150 g/mol. The second kappa shape index (κ2) is 28.9. The number of likely N-dealkylation sites (N-methyl/N-ethyl adjacent to an activating group) is 1. The lowest BCUT2D eigenvalue weighted by atomic mass is 9.99. The summed E-state index contributed by atoms with van der Waals surface area (Å²) < 4.78 is 0. The molecular weight excluding hydrogens is 1070 g/mol. The van der Waals surface area contributed by atoms with E-state index >= 15 is 0 Å². The van der Waals surface area contributed by atoms with E-state index in [2.05, 4.69) is 82.5 Å². The fourth-order valence-electron chi connectivity index (χ4n) is 10.6. The molecule has 4 aromatic heterocycles. The van der Waals surface area contributed by atoms with Crippen LogP contribution in [0.5, 0.6) is 0 Å². The number of aromatic amines is 2. The van der Waals surface area contributed by atoms with E-state index < -0.39 is 5.97 Å². The van der Waals surface area contributed by atoms with Crippen molar-refractivity contribution in [3.63, 3.8) is 0 Å². The molecule has 4 aromatic carbocycles. The van der Waals surface area contributed by atoms with Gasteiger partial charge in [0.1, 0.15) is 15.8 Å². The first kappa shape index (κ1) is 61.2. The molecule has 8 aromatic rings. The molecule has 83 heavy (non-hydrogen) atoms. The third kappa shape index (κ3) is 15.2. The van der Waals surface area contributed by atoms with Crippen LogP contribution in [0.1, 0.15) is 110 Å². The van der Waals surface area contributed by atoms with Crippen molar-refractivity contribution in [3.8, 4) is 43.7 Å². The van der Waals surface area contributed by atoms with Gasteiger partial charge < -0.3 is 41.2 Å². The highest BCUT2D eigenvalue weighted by molar-refractivity contribution is 7.13. The zero-order chi connectivity index (χ0) is 59.2. The zero-order valence-corrected chi connectivity index (χ0v) is 50.6. The molecular formula is C67H77N9O5S2. The summed E-state index contributed by atoms with van der Waals surface area (Å²) in [6.07, 6.45) is 7.11. The minimum absolute atomic E-state index is 0.0703. The molecule has 2 aliphatic heterocycles. The number of aromatic nitrogens is 4. The van der Waals surface area contributed by atoms with Crippen molar-refractivity contribution in [2.24, 2.45) is 5.73 Å². The molecule has 10 rings (SSSR count). The van der Waals surface area contributed by atoms with Crippen molar-refractivity contribution in [1.82, 2.24) is 29.7 Å². The van der Waals surface area contributed by atoms with E-state index in [0.29, 0.717) is 42.6 Å². The van der Waals surface area contributed by atoms with E-state index in [9.17, 15) is 19.2 Å². The lowest BCUT2D eigenvalue weighted by molar-refractivity contribution is -0.137. The van der Waals surface area contributed by atoms with Crippen molar-refractivity contribution >= 4 is 80.9 Å². The highest BCUT2D eigenvalue weighted by atomic mass is 32.1. The van der Waals surface area contributed by atoms with Gasteiger partial charge in [0.15, 0.2) is 0 Å². The molecule has 2 aliphatic rings. The summed E-state index contributed by atoms with van der Waals surface area (Å²) in [4.78, 5) is 70.6. The number of H-pyrrole nitrogens is 2. The van der Waals surface area contributed by atoms with Gasteiger partial charge in [0.25, 0.3) is 11.8 Å². The number of fused-ring (bicyclic) bond motifs is 2. The van der Waals surface area contributed by atoms with Crippen LogP contribution in [0.15, 0.2) is 108 Å². The van der Waals surface area contributed by atoms with Crippen LogP contribution in [0.25, 0.3) is 67.0 Å². The van der Waals surface area contributed by atoms with Gasteiger partial charge in [-0.15, -0.1) is 22.7 Å². The van der Waals surface area contributed by atoms with Crippen LogP contribution >= 0.6 is 22.7 Å². The topological polar surface area (TPSA) is 202 Å². The molecule has 0 saturated heterocycles. The lowest BCUT2D eigenvalue weighted by Gasteiger charge is -2.17. The van der Waals surface area contributed by atoms with Crippen LogP contribution in [0, 0.1) is 27.7 Å². The van der Waals surface area contributed by atoms with Gasteiger partial charge in [0.05, 0.1) is 22.5 Å². The Morgan fingerprint density at radius 2 is 1.01 bits per heavy atom. The smallest absolute Gasteiger partial charge is 0.303 e. The summed E-state index contributed by atoms with van der Waals surface area (Å²) in [5.74, 6) is -0.786. The molecule has 14 nitrogen and oxygen atoms in total. The van der Waals surface area contributed by atoms with Gasteiger partial charge in [-0.05, 0) is 138 Å². The Morgan fingerprint density at radius 1 is 0.578 bits per heavy atom. The molecule has 6 heterocycles. The quantitative estimate of drug-likeness (QED) is 0.0355. The Kier molecular flexibility index (Phi) is 21.3. The summed E-state index contributed by atoms with van der Waals surface area (Å²) in [6.45, 7) is 23.7. The number of anilines is 2. The van der Waals surface area contributed by atoms with Crippen molar-refractivity contribution < 1.29 is 24.3 Å². The van der Waals surface area contributed by atoms with Gasteiger partial charge in [0, 0.05) is 111 Å². The van der Waals surface area contributed by atoms with E-state index in [1.165, 1.54) is 0 Å². The first-order valence-electron chi connectivity index (χ1n) is 28.7. The molecule has 0 spiro atoms. The van der Waals surface area contributed by atoms with Gasteiger partial charge in [-0.25, -0.2) is 9.97 Å². The van der Waals surface area contributed by atoms with Crippen LogP contribution in [0.4, 0.5) is 11.4 Å². The Morgan fingerprint density at radius 3 is 1.42 bits per heavy atom. The number of hydrogen-bond acceptors (Lipinski definition) is 11. The number of rotatable bonds is 22. The molecule has 432 valence electrons.